The standard InChI is InChI=1S/C19H29N5/c1-6-12-24(13-7-2)18-22-17(14-20-23-18)21-16-11-9-8-10-15(16)19(3,4)5/h8-11,14H,6-7,12-13H2,1-5H3,(H,21,22,23). The molecule has 130 valence electrons. The number of hydrogen-bond acceptors (Lipinski definition) is 5. The number of aromatic nitrogens is 3. The highest BCUT2D eigenvalue weighted by molar-refractivity contribution is 5.62. The van der Waals surface area contributed by atoms with Gasteiger partial charge in [0.15, 0.2) is 5.82 Å². The van der Waals surface area contributed by atoms with Crippen LogP contribution >= 0.6 is 0 Å². The second-order valence-corrected chi connectivity index (χ2v) is 7.05. The van der Waals surface area contributed by atoms with Crippen molar-refractivity contribution in [2.75, 3.05) is 23.3 Å². The van der Waals surface area contributed by atoms with Crippen molar-refractivity contribution in [1.82, 2.24) is 15.2 Å². The summed E-state index contributed by atoms with van der Waals surface area (Å²) in [5, 5.41) is 11.8. The second kappa shape index (κ2) is 8.08. The predicted octanol–water partition coefficient (Wildman–Crippen LogP) is 4.54. The van der Waals surface area contributed by atoms with Crippen molar-refractivity contribution in [2.24, 2.45) is 0 Å². The molecule has 2 aromatic rings. The third kappa shape index (κ3) is 4.66. The average molecular weight is 327 g/mol. The van der Waals surface area contributed by atoms with Gasteiger partial charge in [-0.25, -0.2) is 0 Å². The lowest BCUT2D eigenvalue weighted by atomic mass is 9.86. The summed E-state index contributed by atoms with van der Waals surface area (Å²) in [7, 11) is 0. The monoisotopic (exact) mass is 327 g/mol. The summed E-state index contributed by atoms with van der Waals surface area (Å²) in [6.45, 7) is 12.8. The van der Waals surface area contributed by atoms with Crippen molar-refractivity contribution >= 4 is 17.5 Å². The molecular formula is C19H29N5. The summed E-state index contributed by atoms with van der Waals surface area (Å²) in [6, 6.07) is 8.34. The lowest BCUT2D eigenvalue weighted by molar-refractivity contribution is 0.592. The average Bonchev–Trinajstić information content (AvgIpc) is 2.54. The zero-order valence-electron chi connectivity index (χ0n) is 15.5. The zero-order valence-corrected chi connectivity index (χ0v) is 15.5. The third-order valence-corrected chi connectivity index (χ3v) is 3.82. The van der Waals surface area contributed by atoms with Crippen molar-refractivity contribution in [2.45, 2.75) is 52.9 Å². The third-order valence-electron chi connectivity index (χ3n) is 3.82. The van der Waals surface area contributed by atoms with Crippen LogP contribution in [0.4, 0.5) is 17.5 Å². The fraction of sp³-hybridized carbons (Fsp3) is 0.526. The predicted molar refractivity (Wildman–Crippen MR) is 101 cm³/mol. The van der Waals surface area contributed by atoms with E-state index in [0.29, 0.717) is 5.95 Å². The van der Waals surface area contributed by atoms with E-state index >= 15 is 0 Å². The van der Waals surface area contributed by atoms with E-state index in [1.54, 1.807) is 6.20 Å². The Hall–Kier alpha value is -2.17. The summed E-state index contributed by atoms with van der Waals surface area (Å²) in [4.78, 5) is 6.86. The smallest absolute Gasteiger partial charge is 0.247 e. The van der Waals surface area contributed by atoms with Crippen LogP contribution in [-0.4, -0.2) is 28.3 Å². The Morgan fingerprint density at radius 1 is 1.04 bits per heavy atom. The molecule has 0 saturated heterocycles. The fourth-order valence-electron chi connectivity index (χ4n) is 2.72. The van der Waals surface area contributed by atoms with Gasteiger partial charge in [-0.1, -0.05) is 52.8 Å². The molecule has 5 nitrogen and oxygen atoms in total. The Morgan fingerprint density at radius 3 is 2.33 bits per heavy atom. The summed E-state index contributed by atoms with van der Waals surface area (Å²) in [6.07, 6.45) is 3.81. The maximum Gasteiger partial charge on any atom is 0.247 e. The molecule has 0 aliphatic rings. The van der Waals surface area contributed by atoms with Gasteiger partial charge in [-0.15, -0.1) is 5.10 Å². The van der Waals surface area contributed by atoms with Gasteiger partial charge in [0.05, 0.1) is 6.20 Å². The molecule has 0 bridgehead atoms. The van der Waals surface area contributed by atoms with Crippen LogP contribution in [0.2, 0.25) is 0 Å². The molecule has 0 saturated carbocycles. The molecule has 0 fully saturated rings. The van der Waals surface area contributed by atoms with E-state index in [1.165, 1.54) is 5.56 Å². The van der Waals surface area contributed by atoms with Crippen LogP contribution in [-0.2, 0) is 5.41 Å². The molecular weight excluding hydrogens is 298 g/mol. The zero-order chi connectivity index (χ0) is 17.6. The van der Waals surface area contributed by atoms with E-state index in [0.717, 1.165) is 37.4 Å². The SMILES string of the molecule is CCCN(CCC)c1nncc(Nc2ccccc2C(C)(C)C)n1. The Labute approximate surface area is 145 Å². The van der Waals surface area contributed by atoms with E-state index in [4.69, 9.17) is 0 Å². The molecule has 5 heteroatoms. The Morgan fingerprint density at radius 2 is 1.71 bits per heavy atom. The normalized spacial score (nSPS) is 11.4. The molecule has 0 aliphatic carbocycles. The summed E-state index contributed by atoms with van der Waals surface area (Å²) >= 11 is 0. The number of nitrogens with zero attached hydrogens (tertiary/aromatic N) is 4. The van der Waals surface area contributed by atoms with E-state index < -0.39 is 0 Å². The van der Waals surface area contributed by atoms with Crippen LogP contribution in [0.3, 0.4) is 0 Å². The highest BCUT2D eigenvalue weighted by atomic mass is 15.3. The topological polar surface area (TPSA) is 53.9 Å². The molecule has 0 unspecified atom stereocenters. The van der Waals surface area contributed by atoms with Gasteiger partial charge in [0.2, 0.25) is 5.95 Å². The molecule has 0 radical (unpaired) electrons. The first-order valence-electron chi connectivity index (χ1n) is 8.77. The number of benzene rings is 1. The number of nitrogens with one attached hydrogen (secondary N) is 1. The maximum atomic E-state index is 4.67. The highest BCUT2D eigenvalue weighted by Gasteiger charge is 2.18. The minimum atomic E-state index is 0.0589. The molecule has 24 heavy (non-hydrogen) atoms. The van der Waals surface area contributed by atoms with Gasteiger partial charge < -0.3 is 10.2 Å². The highest BCUT2D eigenvalue weighted by Crippen LogP contribution is 2.30. The largest absolute Gasteiger partial charge is 0.339 e. The number of hydrogen-bond donors (Lipinski definition) is 1. The molecule has 0 amide bonds. The second-order valence-electron chi connectivity index (χ2n) is 7.05. The first-order valence-corrected chi connectivity index (χ1v) is 8.77. The lowest BCUT2D eigenvalue weighted by Crippen LogP contribution is -2.27. The van der Waals surface area contributed by atoms with Crippen molar-refractivity contribution in [3.8, 4) is 0 Å². The Kier molecular flexibility index (Phi) is 6.12. The van der Waals surface area contributed by atoms with E-state index in [9.17, 15) is 0 Å². The van der Waals surface area contributed by atoms with Gasteiger partial charge in [0, 0.05) is 18.8 Å². The van der Waals surface area contributed by atoms with Crippen LogP contribution in [0.25, 0.3) is 0 Å². The van der Waals surface area contributed by atoms with Crippen molar-refractivity contribution in [1.29, 1.82) is 0 Å². The van der Waals surface area contributed by atoms with E-state index in [2.05, 4.69) is 78.2 Å². The minimum absolute atomic E-state index is 0.0589. The number of rotatable bonds is 7. The van der Waals surface area contributed by atoms with Crippen LogP contribution in [0, 0.1) is 0 Å². The molecule has 2 rings (SSSR count). The Bertz CT molecular complexity index is 642. The molecule has 0 aliphatic heterocycles. The number of para-hydroxylation sites is 1. The maximum absolute atomic E-state index is 4.67. The van der Waals surface area contributed by atoms with Crippen molar-refractivity contribution in [3.05, 3.63) is 36.0 Å². The molecule has 0 spiro atoms. The van der Waals surface area contributed by atoms with Crippen molar-refractivity contribution < 1.29 is 0 Å². The van der Waals surface area contributed by atoms with Crippen LogP contribution in [0.5, 0.6) is 0 Å². The van der Waals surface area contributed by atoms with Gasteiger partial charge in [0.25, 0.3) is 0 Å². The first-order chi connectivity index (χ1) is 11.5. The molecule has 1 aromatic carbocycles. The molecule has 1 N–H and O–H groups in total. The van der Waals surface area contributed by atoms with E-state index in [1.807, 2.05) is 6.07 Å². The van der Waals surface area contributed by atoms with E-state index in [-0.39, 0.29) is 5.41 Å². The minimum Gasteiger partial charge on any atom is -0.339 e. The molecule has 0 atom stereocenters. The van der Waals surface area contributed by atoms with Crippen LogP contribution in [0.1, 0.15) is 53.0 Å². The van der Waals surface area contributed by atoms with Gasteiger partial charge >= 0.3 is 0 Å². The van der Waals surface area contributed by atoms with Crippen LogP contribution < -0.4 is 10.2 Å². The van der Waals surface area contributed by atoms with Crippen molar-refractivity contribution in [3.63, 3.8) is 0 Å². The molecule has 1 aromatic heterocycles. The number of anilines is 3. The summed E-state index contributed by atoms with van der Waals surface area (Å²) < 4.78 is 0. The first kappa shape index (κ1) is 18.2. The fourth-order valence-corrected chi connectivity index (χ4v) is 2.72. The summed E-state index contributed by atoms with van der Waals surface area (Å²) in [5.41, 5.74) is 2.38. The lowest BCUT2D eigenvalue weighted by Gasteiger charge is -2.24. The quantitative estimate of drug-likeness (QED) is 0.809. The van der Waals surface area contributed by atoms with Crippen LogP contribution in [0.15, 0.2) is 30.5 Å². The van der Waals surface area contributed by atoms with Gasteiger partial charge in [-0.2, -0.15) is 10.1 Å². The van der Waals surface area contributed by atoms with Gasteiger partial charge in [0.1, 0.15) is 0 Å². The molecule has 1 heterocycles. The summed E-state index contributed by atoms with van der Waals surface area (Å²) in [5.74, 6) is 1.42. The van der Waals surface area contributed by atoms with Gasteiger partial charge in [-0.05, 0) is 29.9 Å². The van der Waals surface area contributed by atoms with Gasteiger partial charge in [-0.3, -0.25) is 0 Å². The Balaban J connectivity index is 2.27.